The van der Waals surface area contributed by atoms with Gasteiger partial charge in [-0.2, -0.15) is 5.10 Å². The van der Waals surface area contributed by atoms with Gasteiger partial charge in [-0.05, 0) is 42.9 Å². The van der Waals surface area contributed by atoms with Crippen molar-refractivity contribution in [1.82, 2.24) is 14.8 Å². The fraction of sp³-hybridized carbons (Fsp3) is 0.550. The van der Waals surface area contributed by atoms with E-state index < -0.39 is 5.60 Å². The Morgan fingerprint density at radius 3 is 2.30 bits per heavy atom. The van der Waals surface area contributed by atoms with Gasteiger partial charge in [0.2, 0.25) is 0 Å². The van der Waals surface area contributed by atoms with Crippen molar-refractivity contribution in [3.8, 4) is 0 Å². The molecule has 0 aliphatic carbocycles. The first-order chi connectivity index (χ1) is 12.6. The number of aryl methyl sites for hydroxylation is 1. The normalized spacial score (nSPS) is 13.3. The van der Waals surface area contributed by atoms with E-state index in [1.165, 1.54) is 18.8 Å². The summed E-state index contributed by atoms with van der Waals surface area (Å²) in [4.78, 5) is 13.8. The first-order valence-electron chi connectivity index (χ1n) is 9.00. The van der Waals surface area contributed by atoms with Crippen molar-refractivity contribution in [2.45, 2.75) is 59.6 Å². The molecule has 0 bridgehead atoms. The monoisotopic (exact) mass is 395 g/mol. The van der Waals surface area contributed by atoms with Gasteiger partial charge < -0.3 is 9.84 Å². The highest BCUT2D eigenvalue weighted by Crippen LogP contribution is 2.35. The summed E-state index contributed by atoms with van der Waals surface area (Å²) in [6, 6.07) is 7.76. The quantitative estimate of drug-likeness (QED) is 0.750. The zero-order valence-corrected chi connectivity index (χ0v) is 17.5. The summed E-state index contributed by atoms with van der Waals surface area (Å²) in [5.41, 5.74) is 0.0479. The third kappa shape index (κ3) is 8.10. The molecule has 0 amide bonds. The van der Waals surface area contributed by atoms with E-state index in [2.05, 4.69) is 14.8 Å². The number of benzene rings is 1. The maximum absolute atomic E-state index is 11.1. The molecule has 1 unspecified atom stereocenters. The van der Waals surface area contributed by atoms with Crippen molar-refractivity contribution >= 4 is 17.6 Å². The van der Waals surface area contributed by atoms with Crippen LogP contribution in [0.4, 0.5) is 0 Å². The maximum atomic E-state index is 11.1. The van der Waals surface area contributed by atoms with E-state index in [1.54, 1.807) is 17.9 Å². The van der Waals surface area contributed by atoms with Gasteiger partial charge >= 0.3 is 5.97 Å². The Balaban J connectivity index is 0.000000527. The number of hydrogen-bond acceptors (Lipinski definition) is 5. The lowest BCUT2D eigenvalue weighted by atomic mass is 9.73. The molecule has 0 aliphatic heterocycles. The Kier molecular flexibility index (Phi) is 8.93. The van der Waals surface area contributed by atoms with Crippen LogP contribution in [0.5, 0.6) is 0 Å². The van der Waals surface area contributed by atoms with Crippen LogP contribution in [0.15, 0.2) is 36.9 Å². The van der Waals surface area contributed by atoms with Crippen LogP contribution in [-0.2, 0) is 22.5 Å². The van der Waals surface area contributed by atoms with Gasteiger partial charge in [0, 0.05) is 11.9 Å². The Bertz CT molecular complexity index is 681. The Morgan fingerprint density at radius 1 is 1.26 bits per heavy atom. The highest BCUT2D eigenvalue weighted by atomic mass is 35.5. The van der Waals surface area contributed by atoms with Crippen molar-refractivity contribution < 1.29 is 14.6 Å². The van der Waals surface area contributed by atoms with Gasteiger partial charge in [-0.25, -0.2) is 4.98 Å². The summed E-state index contributed by atoms with van der Waals surface area (Å²) in [6.07, 6.45) is 4.57. The summed E-state index contributed by atoms with van der Waals surface area (Å²) in [7, 11) is 0. The molecule has 1 N–H and O–H groups in total. The molecule has 2 rings (SSSR count). The molecule has 1 aromatic heterocycles. The molecule has 0 aliphatic rings. The molecule has 0 fully saturated rings. The summed E-state index contributed by atoms with van der Waals surface area (Å²) in [5, 5.41) is 16.0. The number of rotatable bonds is 6. The maximum Gasteiger partial charge on any atom is 0.302 e. The number of carbonyl (C=O) groups is 1. The molecule has 1 aromatic carbocycles. The number of aromatic nitrogens is 3. The van der Waals surface area contributed by atoms with Crippen molar-refractivity contribution in [2.75, 3.05) is 6.61 Å². The van der Waals surface area contributed by atoms with Crippen LogP contribution in [0, 0.1) is 5.41 Å². The Labute approximate surface area is 166 Å². The number of hydrogen-bond donors (Lipinski definition) is 1. The molecule has 150 valence electrons. The average molecular weight is 396 g/mol. The Hall–Kier alpha value is -1.92. The lowest BCUT2D eigenvalue weighted by Crippen LogP contribution is -2.47. The SMILES string of the molecule is CC(C)(C)C(O)(CCc1ccc(Cl)cc1)Cn1cncn1.CCOC(C)=O. The number of aliphatic hydroxyl groups is 1. The Morgan fingerprint density at radius 2 is 1.89 bits per heavy atom. The summed E-state index contributed by atoms with van der Waals surface area (Å²) in [6.45, 7) is 10.2. The molecule has 1 atom stereocenters. The third-order valence-corrected chi connectivity index (χ3v) is 4.63. The van der Waals surface area contributed by atoms with Gasteiger partial charge in [0.05, 0.1) is 18.8 Å². The number of nitrogens with zero attached hydrogens (tertiary/aromatic N) is 3. The van der Waals surface area contributed by atoms with Crippen LogP contribution in [-0.4, -0.2) is 38.0 Å². The predicted molar refractivity (Wildman–Crippen MR) is 107 cm³/mol. The van der Waals surface area contributed by atoms with E-state index in [0.29, 0.717) is 19.6 Å². The van der Waals surface area contributed by atoms with E-state index >= 15 is 0 Å². The highest BCUT2D eigenvalue weighted by Gasteiger charge is 2.40. The van der Waals surface area contributed by atoms with Gasteiger partial charge in [-0.3, -0.25) is 9.48 Å². The van der Waals surface area contributed by atoms with Gasteiger partial charge in [0.25, 0.3) is 0 Å². The minimum atomic E-state index is -0.861. The topological polar surface area (TPSA) is 77.2 Å². The molecule has 0 saturated heterocycles. The van der Waals surface area contributed by atoms with Gasteiger partial charge in [-0.1, -0.05) is 44.5 Å². The molecule has 0 spiro atoms. The van der Waals surface area contributed by atoms with Crippen molar-refractivity contribution in [3.05, 3.63) is 47.5 Å². The molecule has 2 aromatic rings. The van der Waals surface area contributed by atoms with Crippen LogP contribution < -0.4 is 0 Å². The lowest BCUT2D eigenvalue weighted by Gasteiger charge is -2.40. The van der Waals surface area contributed by atoms with Gasteiger partial charge in [0.15, 0.2) is 0 Å². The first-order valence-corrected chi connectivity index (χ1v) is 9.38. The zero-order chi connectivity index (χ0) is 20.5. The lowest BCUT2D eigenvalue weighted by molar-refractivity contribution is -0.140. The highest BCUT2D eigenvalue weighted by molar-refractivity contribution is 6.30. The van der Waals surface area contributed by atoms with Gasteiger partial charge in [-0.15, -0.1) is 0 Å². The molecular formula is C20H30ClN3O3. The van der Waals surface area contributed by atoms with E-state index in [9.17, 15) is 9.90 Å². The fourth-order valence-electron chi connectivity index (χ4n) is 2.48. The molecule has 1 heterocycles. The van der Waals surface area contributed by atoms with Crippen LogP contribution in [0.25, 0.3) is 0 Å². The summed E-state index contributed by atoms with van der Waals surface area (Å²) in [5.74, 6) is -0.211. The molecular weight excluding hydrogens is 366 g/mol. The summed E-state index contributed by atoms with van der Waals surface area (Å²) >= 11 is 5.90. The standard InChI is InChI=1S/C16H22ClN3O.C4H8O2/c1-15(2,3)16(21,10-20-12-18-11-19-20)9-8-13-4-6-14(17)7-5-13;1-3-6-4(2)5/h4-7,11-12,21H,8-10H2,1-3H3;3H2,1-2H3. The number of esters is 1. The second-order valence-corrected chi connectivity index (χ2v) is 7.86. The van der Waals surface area contributed by atoms with Crippen molar-refractivity contribution in [1.29, 1.82) is 0 Å². The van der Waals surface area contributed by atoms with Crippen molar-refractivity contribution in [3.63, 3.8) is 0 Å². The molecule has 6 nitrogen and oxygen atoms in total. The van der Waals surface area contributed by atoms with Crippen LogP contribution in [0.2, 0.25) is 5.02 Å². The number of halogens is 1. The minimum absolute atomic E-state index is 0.211. The largest absolute Gasteiger partial charge is 0.466 e. The first kappa shape index (κ1) is 23.1. The summed E-state index contributed by atoms with van der Waals surface area (Å²) < 4.78 is 6.09. The fourth-order valence-corrected chi connectivity index (χ4v) is 2.61. The smallest absolute Gasteiger partial charge is 0.302 e. The average Bonchev–Trinajstić information content (AvgIpc) is 3.06. The predicted octanol–water partition coefficient (Wildman–Crippen LogP) is 3.91. The minimum Gasteiger partial charge on any atom is -0.466 e. The second-order valence-electron chi connectivity index (χ2n) is 7.43. The third-order valence-electron chi connectivity index (χ3n) is 4.37. The van der Waals surface area contributed by atoms with E-state index in [-0.39, 0.29) is 11.4 Å². The van der Waals surface area contributed by atoms with Crippen LogP contribution >= 0.6 is 11.6 Å². The second kappa shape index (κ2) is 10.4. The molecule has 0 saturated carbocycles. The van der Waals surface area contributed by atoms with Crippen LogP contribution in [0.3, 0.4) is 0 Å². The van der Waals surface area contributed by atoms with Gasteiger partial charge in [0.1, 0.15) is 12.7 Å². The van der Waals surface area contributed by atoms with Crippen LogP contribution in [0.1, 0.15) is 46.6 Å². The molecule has 0 radical (unpaired) electrons. The van der Waals surface area contributed by atoms with E-state index in [1.807, 2.05) is 45.0 Å². The zero-order valence-electron chi connectivity index (χ0n) is 16.8. The van der Waals surface area contributed by atoms with E-state index in [4.69, 9.17) is 11.6 Å². The van der Waals surface area contributed by atoms with Crippen molar-refractivity contribution in [2.24, 2.45) is 5.41 Å². The molecule has 27 heavy (non-hydrogen) atoms. The molecule has 7 heteroatoms. The van der Waals surface area contributed by atoms with E-state index in [0.717, 1.165) is 11.4 Å². The number of carbonyl (C=O) groups excluding carboxylic acids is 1. The number of ether oxygens (including phenoxy) is 1.